The molecule has 29 heavy (non-hydrogen) atoms. The van der Waals surface area contributed by atoms with Gasteiger partial charge in [0.1, 0.15) is 6.61 Å². The first-order chi connectivity index (χ1) is 13.8. The molecule has 0 spiro atoms. The van der Waals surface area contributed by atoms with Gasteiger partial charge in [-0.15, -0.1) is 0 Å². The Bertz CT molecular complexity index is 652. The van der Waals surface area contributed by atoms with Crippen molar-refractivity contribution >= 4 is 11.7 Å². The average Bonchev–Trinajstić information content (AvgIpc) is 2.66. The fraction of sp³-hybridized carbons (Fsp3) is 0.565. The van der Waals surface area contributed by atoms with E-state index in [1.807, 2.05) is 47.6 Å². The summed E-state index contributed by atoms with van der Waals surface area (Å²) in [6.07, 6.45) is 3.53. The van der Waals surface area contributed by atoms with Gasteiger partial charge in [0.05, 0.1) is 6.67 Å². The molecule has 6 heteroatoms. The van der Waals surface area contributed by atoms with E-state index in [-0.39, 0.29) is 12.6 Å². The molecule has 0 amide bonds. The maximum absolute atomic E-state index is 12.5. The number of halogens is 1. The van der Waals surface area contributed by atoms with E-state index < -0.39 is 0 Å². The smallest absolute Gasteiger partial charge is 0.288 e. The van der Waals surface area contributed by atoms with Gasteiger partial charge in [-0.1, -0.05) is 32.6 Å². The first-order valence-corrected chi connectivity index (χ1v) is 10.2. The van der Waals surface area contributed by atoms with Crippen LogP contribution in [0.5, 0.6) is 0 Å². The van der Waals surface area contributed by atoms with Crippen molar-refractivity contribution in [2.24, 2.45) is 15.9 Å². The Balaban J connectivity index is 0.00000379. The van der Waals surface area contributed by atoms with Crippen LogP contribution in [0.1, 0.15) is 41.5 Å². The van der Waals surface area contributed by atoms with Gasteiger partial charge in [0, 0.05) is 50.2 Å². The molecule has 0 radical (unpaired) electrons. The first kappa shape index (κ1) is 26.8. The average molecular weight is 407 g/mol. The molecule has 5 nitrogen and oxygen atoms in total. The maximum Gasteiger partial charge on any atom is 0.288 e. The highest BCUT2D eigenvalue weighted by Gasteiger charge is 2.25. The van der Waals surface area contributed by atoms with Crippen LogP contribution in [0.3, 0.4) is 0 Å². The topological polar surface area (TPSA) is 49.2 Å². The van der Waals surface area contributed by atoms with E-state index in [0.717, 1.165) is 47.8 Å². The van der Waals surface area contributed by atoms with Crippen LogP contribution < -0.4 is 5.32 Å². The van der Waals surface area contributed by atoms with Gasteiger partial charge in [-0.3, -0.25) is 14.3 Å². The number of rotatable bonds is 9. The first-order valence-electron chi connectivity index (χ1n) is 10.2. The number of aliphatic imine (C=N–C) groups is 2. The molecule has 0 unspecified atom stereocenters. The summed E-state index contributed by atoms with van der Waals surface area (Å²) in [6, 6.07) is 0.429. The number of nitrogens with zero attached hydrogens (tertiary/aromatic N) is 3. The summed E-state index contributed by atoms with van der Waals surface area (Å²) in [6.45, 7) is 22.2. The lowest BCUT2D eigenvalue weighted by atomic mass is 10.0. The number of allylic oxidation sites excluding steroid dienone is 4. The maximum atomic E-state index is 12.5. The quantitative estimate of drug-likeness (QED) is 0.336. The van der Waals surface area contributed by atoms with Gasteiger partial charge in [-0.25, -0.2) is 4.99 Å². The number of ether oxygens (including phenoxy) is 1. The molecular weight excluding hydrogens is 367 g/mol. The zero-order chi connectivity index (χ0) is 22.4. The van der Waals surface area contributed by atoms with Gasteiger partial charge < -0.3 is 10.1 Å². The lowest BCUT2D eigenvalue weighted by molar-refractivity contribution is 0.0644. The van der Waals surface area contributed by atoms with Crippen LogP contribution in [-0.2, 0) is 4.74 Å². The van der Waals surface area contributed by atoms with Crippen molar-refractivity contribution < 1.29 is 9.13 Å². The monoisotopic (exact) mass is 406 g/mol. The number of hydrogen-bond donors (Lipinski definition) is 1. The predicted molar refractivity (Wildman–Crippen MR) is 124 cm³/mol. The molecule has 1 rings (SSSR count). The van der Waals surface area contributed by atoms with E-state index in [2.05, 4.69) is 33.4 Å². The Morgan fingerprint density at radius 3 is 2.31 bits per heavy atom. The van der Waals surface area contributed by atoms with E-state index in [1.54, 1.807) is 7.05 Å². The molecule has 164 valence electrons. The van der Waals surface area contributed by atoms with Crippen LogP contribution in [0.25, 0.3) is 0 Å². The molecule has 1 aliphatic heterocycles. The van der Waals surface area contributed by atoms with E-state index >= 15 is 0 Å². The van der Waals surface area contributed by atoms with E-state index in [9.17, 15) is 4.39 Å². The summed E-state index contributed by atoms with van der Waals surface area (Å²) >= 11 is 0. The summed E-state index contributed by atoms with van der Waals surface area (Å²) in [7, 11) is 1.67. The SMILES string of the molecule is C=CN=C(C)C(/C=C(/NC(=NC)OCCN1CC(CF)C1)C(=C)C)=C(C)C.CC. The van der Waals surface area contributed by atoms with Gasteiger partial charge in [-0.05, 0) is 44.9 Å². The summed E-state index contributed by atoms with van der Waals surface area (Å²) in [5.74, 6) is 0.184. The number of likely N-dealkylation sites (tertiary alicyclic amines) is 1. The minimum Gasteiger partial charge on any atom is -0.464 e. The van der Waals surface area contributed by atoms with Crippen LogP contribution in [0.4, 0.5) is 4.39 Å². The Labute approximate surface area is 176 Å². The third-order valence-electron chi connectivity index (χ3n) is 4.30. The molecular formula is C23H39FN4O. The third kappa shape index (κ3) is 9.70. The van der Waals surface area contributed by atoms with Crippen molar-refractivity contribution in [3.63, 3.8) is 0 Å². The van der Waals surface area contributed by atoms with E-state index in [4.69, 9.17) is 4.74 Å². The molecule has 1 fully saturated rings. The summed E-state index contributed by atoms with van der Waals surface area (Å²) in [5, 5.41) is 3.21. The molecule has 0 saturated carbocycles. The van der Waals surface area contributed by atoms with Crippen LogP contribution in [0.15, 0.2) is 57.8 Å². The third-order valence-corrected chi connectivity index (χ3v) is 4.30. The summed E-state index contributed by atoms with van der Waals surface area (Å²) < 4.78 is 18.2. The molecule has 0 aliphatic carbocycles. The lowest BCUT2D eigenvalue weighted by Crippen LogP contribution is -2.49. The molecule has 0 aromatic heterocycles. The van der Waals surface area contributed by atoms with Crippen molar-refractivity contribution in [3.05, 3.63) is 47.9 Å². The van der Waals surface area contributed by atoms with Crippen molar-refractivity contribution in [2.75, 3.05) is 40.0 Å². The minimum absolute atomic E-state index is 0.184. The summed E-state index contributed by atoms with van der Waals surface area (Å²) in [5.41, 5.74) is 4.69. The molecule has 1 N–H and O–H groups in total. The fourth-order valence-electron chi connectivity index (χ4n) is 2.73. The molecule has 0 bridgehead atoms. The summed E-state index contributed by atoms with van der Waals surface area (Å²) in [4.78, 5) is 10.6. The Morgan fingerprint density at radius 2 is 1.86 bits per heavy atom. The van der Waals surface area contributed by atoms with Crippen LogP contribution >= 0.6 is 0 Å². The zero-order valence-corrected chi connectivity index (χ0v) is 19.3. The number of hydrogen-bond acceptors (Lipinski definition) is 4. The molecule has 0 atom stereocenters. The van der Waals surface area contributed by atoms with Gasteiger partial charge in [0.25, 0.3) is 6.02 Å². The van der Waals surface area contributed by atoms with E-state index in [1.165, 1.54) is 6.20 Å². The Hall–Kier alpha value is -2.21. The predicted octanol–water partition coefficient (Wildman–Crippen LogP) is 4.91. The van der Waals surface area contributed by atoms with E-state index in [0.29, 0.717) is 12.6 Å². The minimum atomic E-state index is -0.241. The fourth-order valence-corrected chi connectivity index (χ4v) is 2.73. The number of alkyl halides is 1. The second-order valence-electron chi connectivity index (χ2n) is 6.93. The number of amidine groups is 1. The zero-order valence-electron chi connectivity index (χ0n) is 19.3. The van der Waals surface area contributed by atoms with Crippen molar-refractivity contribution in [3.8, 4) is 0 Å². The van der Waals surface area contributed by atoms with Crippen molar-refractivity contribution in [1.29, 1.82) is 0 Å². The standard InChI is InChI=1S/C21H33FN4O.C2H6/c1-8-24-17(6)19(15(2)3)11-20(16(4)5)25-21(23-7)27-10-9-26-13-18(12-22)14-26;1-2/h8,11,18H,1,4,9-10,12-14H2,2-3,5-7H3,(H,23,25);1-2H3/b20-11+,24-17?;. The molecule has 1 saturated heterocycles. The highest BCUT2D eigenvalue weighted by atomic mass is 19.1. The molecule has 0 aromatic rings. The van der Waals surface area contributed by atoms with Crippen molar-refractivity contribution in [1.82, 2.24) is 10.2 Å². The van der Waals surface area contributed by atoms with Gasteiger partial charge in [0.15, 0.2) is 0 Å². The second-order valence-corrected chi connectivity index (χ2v) is 6.93. The Morgan fingerprint density at radius 1 is 1.24 bits per heavy atom. The molecule has 0 aromatic carbocycles. The highest BCUT2D eigenvalue weighted by Crippen LogP contribution is 2.16. The van der Waals surface area contributed by atoms with Crippen molar-refractivity contribution in [2.45, 2.75) is 41.5 Å². The molecule has 1 aliphatic rings. The van der Waals surface area contributed by atoms with Crippen LogP contribution in [0, 0.1) is 5.92 Å². The Kier molecular flexibility index (Phi) is 13.6. The lowest BCUT2D eigenvalue weighted by Gasteiger charge is -2.37. The van der Waals surface area contributed by atoms with Gasteiger partial charge in [0.2, 0.25) is 0 Å². The van der Waals surface area contributed by atoms with Crippen LogP contribution in [0.2, 0.25) is 0 Å². The number of nitrogens with one attached hydrogen (secondary N) is 1. The largest absolute Gasteiger partial charge is 0.464 e. The normalized spacial score (nSPS) is 15.7. The van der Waals surface area contributed by atoms with Gasteiger partial charge in [-0.2, -0.15) is 0 Å². The highest BCUT2D eigenvalue weighted by molar-refractivity contribution is 6.02. The van der Waals surface area contributed by atoms with Gasteiger partial charge >= 0.3 is 0 Å². The van der Waals surface area contributed by atoms with Crippen LogP contribution in [-0.4, -0.2) is 56.6 Å². The molecule has 1 heterocycles. The second kappa shape index (κ2) is 14.7.